The van der Waals surface area contributed by atoms with Crippen LogP contribution in [0.4, 0.5) is 0 Å². The zero-order valence-corrected chi connectivity index (χ0v) is 11.4. The number of carboxylic acids is 1. The van der Waals surface area contributed by atoms with E-state index in [4.69, 9.17) is 0 Å². The Kier molecular flexibility index (Phi) is 4.76. The number of likely N-dealkylation sites (tertiary alicyclic amines) is 1. The Morgan fingerprint density at radius 3 is 2.58 bits per heavy atom. The Bertz CT molecular complexity index is 344. The molecule has 1 saturated heterocycles. The lowest BCUT2D eigenvalue weighted by molar-refractivity contribution is -0.144. The summed E-state index contributed by atoms with van der Waals surface area (Å²) in [6.07, 6.45) is 3.13. The summed E-state index contributed by atoms with van der Waals surface area (Å²) in [7, 11) is 0. The first-order valence-electron chi connectivity index (χ1n) is 7.00. The quantitative estimate of drug-likeness (QED) is 0.614. The highest BCUT2D eigenvalue weighted by atomic mass is 16.4. The van der Waals surface area contributed by atoms with E-state index in [2.05, 4.69) is 15.5 Å². The molecule has 2 unspecified atom stereocenters. The van der Waals surface area contributed by atoms with Crippen LogP contribution in [0, 0.1) is 5.92 Å². The molecule has 0 aromatic heterocycles. The Labute approximate surface area is 113 Å². The molecule has 2 rings (SSSR count). The number of carboxylic acid groups (broad SMARTS) is 1. The van der Waals surface area contributed by atoms with Gasteiger partial charge in [-0.2, -0.15) is 0 Å². The van der Waals surface area contributed by atoms with Crippen LogP contribution in [0.15, 0.2) is 0 Å². The van der Waals surface area contributed by atoms with Gasteiger partial charge in [0.2, 0.25) is 5.91 Å². The van der Waals surface area contributed by atoms with Gasteiger partial charge in [-0.1, -0.05) is 0 Å². The minimum Gasteiger partial charge on any atom is -0.481 e. The molecule has 1 heterocycles. The number of nitrogens with one attached hydrogen (secondary N) is 2. The van der Waals surface area contributed by atoms with E-state index in [1.54, 1.807) is 0 Å². The van der Waals surface area contributed by atoms with Crippen molar-refractivity contribution in [3.63, 3.8) is 0 Å². The molecule has 0 radical (unpaired) electrons. The topological polar surface area (TPSA) is 81.7 Å². The number of piperidine rings is 1. The summed E-state index contributed by atoms with van der Waals surface area (Å²) in [5, 5.41) is 15.5. The number of aliphatic carboxylic acids is 1. The molecule has 6 heteroatoms. The molecular weight excluding hydrogens is 246 g/mol. The van der Waals surface area contributed by atoms with Gasteiger partial charge >= 0.3 is 5.97 Å². The molecule has 1 aliphatic carbocycles. The number of carbonyl (C=O) groups excluding carboxylic acids is 1. The highest BCUT2D eigenvalue weighted by molar-refractivity contribution is 5.72. The molecular formula is C13H23N3O3. The molecule has 0 aromatic carbocycles. The van der Waals surface area contributed by atoms with Crippen LogP contribution in [-0.2, 0) is 9.59 Å². The maximum Gasteiger partial charge on any atom is 0.307 e. The van der Waals surface area contributed by atoms with Crippen molar-refractivity contribution >= 4 is 11.9 Å². The zero-order chi connectivity index (χ0) is 13.8. The Morgan fingerprint density at radius 2 is 2.00 bits per heavy atom. The van der Waals surface area contributed by atoms with Gasteiger partial charge in [-0.05, 0) is 19.3 Å². The van der Waals surface area contributed by atoms with E-state index in [1.165, 1.54) is 19.8 Å². The Morgan fingerprint density at radius 1 is 1.26 bits per heavy atom. The predicted octanol–water partition coefficient (Wildman–Crippen LogP) is -0.350. The maximum absolute atomic E-state index is 11.2. The highest BCUT2D eigenvalue weighted by Crippen LogP contribution is 2.23. The van der Waals surface area contributed by atoms with Gasteiger partial charge in [0.05, 0.1) is 5.92 Å². The summed E-state index contributed by atoms with van der Waals surface area (Å²) < 4.78 is 0. The van der Waals surface area contributed by atoms with Crippen LogP contribution in [0.5, 0.6) is 0 Å². The van der Waals surface area contributed by atoms with Crippen molar-refractivity contribution in [2.45, 2.75) is 38.3 Å². The van der Waals surface area contributed by atoms with Gasteiger partial charge in [0.1, 0.15) is 0 Å². The van der Waals surface area contributed by atoms with Crippen molar-refractivity contribution in [3.8, 4) is 0 Å². The van der Waals surface area contributed by atoms with Crippen LogP contribution < -0.4 is 10.6 Å². The Hall–Kier alpha value is -1.14. The smallest absolute Gasteiger partial charge is 0.307 e. The lowest BCUT2D eigenvalue weighted by atomic mass is 9.94. The van der Waals surface area contributed by atoms with E-state index < -0.39 is 5.97 Å². The number of amides is 1. The normalized spacial score (nSPS) is 28.1. The van der Waals surface area contributed by atoms with Gasteiger partial charge in [0.15, 0.2) is 0 Å². The van der Waals surface area contributed by atoms with E-state index in [0.29, 0.717) is 32.1 Å². The molecule has 108 valence electrons. The minimum absolute atomic E-state index is 0.0422. The van der Waals surface area contributed by atoms with E-state index in [1.807, 2.05) is 0 Å². The van der Waals surface area contributed by atoms with Crippen LogP contribution in [0.25, 0.3) is 0 Å². The van der Waals surface area contributed by atoms with Crippen molar-refractivity contribution in [2.24, 2.45) is 5.92 Å². The average Bonchev–Trinajstić information content (AvgIpc) is 3.12. The summed E-state index contributed by atoms with van der Waals surface area (Å²) in [4.78, 5) is 24.2. The molecule has 0 aromatic rings. The molecule has 2 aliphatic rings. The van der Waals surface area contributed by atoms with E-state index in [9.17, 15) is 14.7 Å². The molecule has 2 fully saturated rings. The maximum atomic E-state index is 11.2. The second kappa shape index (κ2) is 6.34. The number of nitrogens with zero attached hydrogens (tertiary/aromatic N) is 1. The molecule has 2 atom stereocenters. The summed E-state index contributed by atoms with van der Waals surface area (Å²) in [6.45, 7) is 4.25. The number of hydrogen-bond donors (Lipinski definition) is 3. The van der Waals surface area contributed by atoms with Crippen LogP contribution >= 0.6 is 0 Å². The summed E-state index contributed by atoms with van der Waals surface area (Å²) in [5.41, 5.74) is 0. The zero-order valence-electron chi connectivity index (χ0n) is 11.4. The molecule has 1 amide bonds. The lowest BCUT2D eigenvalue weighted by Gasteiger charge is -2.36. The van der Waals surface area contributed by atoms with Gasteiger partial charge in [-0.3, -0.25) is 14.5 Å². The van der Waals surface area contributed by atoms with Crippen LogP contribution in [0.3, 0.4) is 0 Å². The third-order valence-electron chi connectivity index (χ3n) is 3.73. The molecule has 6 nitrogen and oxygen atoms in total. The fourth-order valence-corrected chi connectivity index (χ4v) is 2.65. The fraction of sp³-hybridized carbons (Fsp3) is 0.846. The van der Waals surface area contributed by atoms with Crippen LogP contribution in [0.1, 0.15) is 26.2 Å². The molecule has 0 bridgehead atoms. The number of carbonyl (C=O) groups is 2. The van der Waals surface area contributed by atoms with Gasteiger partial charge in [0, 0.05) is 45.2 Å². The summed E-state index contributed by atoms with van der Waals surface area (Å²) >= 11 is 0. The van der Waals surface area contributed by atoms with Crippen molar-refractivity contribution in [1.82, 2.24) is 15.5 Å². The monoisotopic (exact) mass is 269 g/mol. The molecule has 1 aliphatic heterocycles. The second-order valence-electron chi connectivity index (χ2n) is 5.65. The molecule has 0 spiro atoms. The largest absolute Gasteiger partial charge is 0.481 e. The van der Waals surface area contributed by atoms with Crippen LogP contribution in [-0.4, -0.2) is 60.1 Å². The summed E-state index contributed by atoms with van der Waals surface area (Å²) in [6, 6.07) is 0.856. The molecule has 19 heavy (non-hydrogen) atoms. The van der Waals surface area contributed by atoms with Crippen LogP contribution in [0.2, 0.25) is 0 Å². The SMILES string of the molecule is CC(=O)NCCN1CC(NC2CC2)CC(C(=O)O)C1. The second-order valence-corrected chi connectivity index (χ2v) is 5.65. The van der Waals surface area contributed by atoms with Gasteiger partial charge in [0.25, 0.3) is 0 Å². The molecule has 1 saturated carbocycles. The third-order valence-corrected chi connectivity index (χ3v) is 3.73. The predicted molar refractivity (Wildman–Crippen MR) is 70.8 cm³/mol. The fourth-order valence-electron chi connectivity index (χ4n) is 2.65. The average molecular weight is 269 g/mol. The number of hydrogen-bond acceptors (Lipinski definition) is 4. The lowest BCUT2D eigenvalue weighted by Crippen LogP contribution is -2.52. The van der Waals surface area contributed by atoms with E-state index in [-0.39, 0.29) is 17.9 Å². The van der Waals surface area contributed by atoms with Gasteiger partial charge in [-0.15, -0.1) is 0 Å². The standard InChI is InChI=1S/C13H23N3O3/c1-9(17)14-4-5-16-7-10(13(18)19)6-12(8-16)15-11-2-3-11/h10-12,15H,2-8H2,1H3,(H,14,17)(H,18,19). The van der Waals surface area contributed by atoms with Gasteiger partial charge in [-0.25, -0.2) is 0 Å². The minimum atomic E-state index is -0.716. The Balaban J connectivity index is 1.82. The first-order chi connectivity index (χ1) is 9.04. The van der Waals surface area contributed by atoms with Crippen molar-refractivity contribution in [1.29, 1.82) is 0 Å². The van der Waals surface area contributed by atoms with Crippen molar-refractivity contribution in [2.75, 3.05) is 26.2 Å². The summed E-state index contributed by atoms with van der Waals surface area (Å²) in [5.74, 6) is -1.06. The van der Waals surface area contributed by atoms with E-state index in [0.717, 1.165) is 6.54 Å². The number of rotatable bonds is 6. The highest BCUT2D eigenvalue weighted by Gasteiger charge is 2.34. The van der Waals surface area contributed by atoms with E-state index >= 15 is 0 Å². The molecule has 3 N–H and O–H groups in total. The first-order valence-corrected chi connectivity index (χ1v) is 7.00. The van der Waals surface area contributed by atoms with Gasteiger partial charge < -0.3 is 15.7 Å². The van der Waals surface area contributed by atoms with Crippen molar-refractivity contribution < 1.29 is 14.7 Å². The third kappa shape index (κ3) is 4.80. The van der Waals surface area contributed by atoms with Crippen molar-refractivity contribution in [3.05, 3.63) is 0 Å². The first kappa shape index (κ1) is 14.3.